The van der Waals surface area contributed by atoms with Gasteiger partial charge in [0.05, 0.1) is 17.7 Å². The van der Waals surface area contributed by atoms with E-state index in [1.54, 1.807) is 6.07 Å². The van der Waals surface area contributed by atoms with E-state index in [4.69, 9.17) is 10.4 Å². The van der Waals surface area contributed by atoms with Crippen molar-refractivity contribution in [3.05, 3.63) is 29.8 Å². The summed E-state index contributed by atoms with van der Waals surface area (Å²) >= 11 is 0. The lowest BCUT2D eigenvalue weighted by Gasteiger charge is -2.24. The van der Waals surface area contributed by atoms with Crippen molar-refractivity contribution in [2.75, 3.05) is 11.4 Å². The topological polar surface area (TPSA) is 64.3 Å². The normalized spacial score (nSPS) is 14.1. The number of carboxylic acids is 1. The lowest BCUT2D eigenvalue weighted by molar-refractivity contribution is -0.136. The van der Waals surface area contributed by atoms with Crippen LogP contribution in [0.2, 0.25) is 0 Å². The fourth-order valence-electron chi connectivity index (χ4n) is 1.92. The molecule has 4 heteroatoms. The molecular formula is C13H14N2O2. The Kier molecular flexibility index (Phi) is 3.29. The van der Waals surface area contributed by atoms with Crippen LogP contribution in [0.3, 0.4) is 0 Å². The summed E-state index contributed by atoms with van der Waals surface area (Å²) in [6, 6.07) is 9.93. The number of hydrogen-bond donors (Lipinski definition) is 1. The van der Waals surface area contributed by atoms with Gasteiger partial charge in [0.1, 0.15) is 6.07 Å². The van der Waals surface area contributed by atoms with E-state index >= 15 is 0 Å². The van der Waals surface area contributed by atoms with Gasteiger partial charge in [-0.1, -0.05) is 12.1 Å². The molecule has 1 N–H and O–H groups in total. The number of anilines is 1. The maximum Gasteiger partial charge on any atom is 0.305 e. The van der Waals surface area contributed by atoms with E-state index in [9.17, 15) is 4.79 Å². The molecule has 0 radical (unpaired) electrons. The molecule has 1 aromatic rings. The molecule has 88 valence electrons. The summed E-state index contributed by atoms with van der Waals surface area (Å²) in [6.07, 6.45) is 2.27. The Morgan fingerprint density at radius 2 is 2.18 bits per heavy atom. The molecule has 0 saturated heterocycles. The second-order valence-corrected chi connectivity index (χ2v) is 4.20. The van der Waals surface area contributed by atoms with Crippen molar-refractivity contribution in [1.82, 2.24) is 0 Å². The first-order valence-electron chi connectivity index (χ1n) is 5.70. The van der Waals surface area contributed by atoms with Gasteiger partial charge >= 0.3 is 5.97 Å². The van der Waals surface area contributed by atoms with Crippen LogP contribution in [-0.2, 0) is 4.79 Å². The Labute approximate surface area is 100 Å². The van der Waals surface area contributed by atoms with Crippen LogP contribution in [0.15, 0.2) is 24.3 Å². The Hall–Kier alpha value is -2.02. The Balaban J connectivity index is 2.20. The highest BCUT2D eigenvalue weighted by molar-refractivity contribution is 5.68. The van der Waals surface area contributed by atoms with E-state index in [1.807, 2.05) is 23.1 Å². The van der Waals surface area contributed by atoms with Crippen LogP contribution in [0.4, 0.5) is 5.69 Å². The molecule has 0 unspecified atom stereocenters. The first-order chi connectivity index (χ1) is 8.22. The monoisotopic (exact) mass is 230 g/mol. The van der Waals surface area contributed by atoms with Gasteiger partial charge in [0, 0.05) is 12.6 Å². The molecule has 0 atom stereocenters. The molecule has 4 nitrogen and oxygen atoms in total. The first kappa shape index (κ1) is 11.5. The Bertz CT molecular complexity index is 461. The fraction of sp³-hybridized carbons (Fsp3) is 0.385. The van der Waals surface area contributed by atoms with E-state index in [0.29, 0.717) is 18.2 Å². The predicted octanol–water partition coefficient (Wildman–Crippen LogP) is 2.00. The van der Waals surface area contributed by atoms with Crippen LogP contribution in [0, 0.1) is 11.3 Å². The summed E-state index contributed by atoms with van der Waals surface area (Å²) in [5.74, 6) is -0.801. The Morgan fingerprint density at radius 1 is 1.47 bits per heavy atom. The van der Waals surface area contributed by atoms with Gasteiger partial charge in [-0.3, -0.25) is 4.79 Å². The molecule has 0 aromatic heterocycles. The number of para-hydroxylation sites is 1. The zero-order valence-corrected chi connectivity index (χ0v) is 9.47. The molecule has 2 rings (SSSR count). The summed E-state index contributed by atoms with van der Waals surface area (Å²) in [7, 11) is 0. The second-order valence-electron chi connectivity index (χ2n) is 4.20. The third-order valence-corrected chi connectivity index (χ3v) is 2.89. The average Bonchev–Trinajstić information content (AvgIpc) is 3.14. The maximum absolute atomic E-state index is 10.6. The quantitative estimate of drug-likeness (QED) is 0.840. The number of carbonyl (C=O) groups is 1. The van der Waals surface area contributed by atoms with E-state index in [-0.39, 0.29) is 6.42 Å². The van der Waals surface area contributed by atoms with Crippen LogP contribution in [-0.4, -0.2) is 23.7 Å². The molecule has 0 spiro atoms. The lowest BCUT2D eigenvalue weighted by atomic mass is 10.1. The highest BCUT2D eigenvalue weighted by Gasteiger charge is 2.30. The van der Waals surface area contributed by atoms with Gasteiger partial charge in [0.15, 0.2) is 0 Å². The van der Waals surface area contributed by atoms with Crippen LogP contribution in [0.25, 0.3) is 0 Å². The van der Waals surface area contributed by atoms with Crippen molar-refractivity contribution in [2.45, 2.75) is 25.3 Å². The number of nitriles is 1. The minimum atomic E-state index is -0.801. The van der Waals surface area contributed by atoms with Crippen LogP contribution in [0.1, 0.15) is 24.8 Å². The third-order valence-electron chi connectivity index (χ3n) is 2.89. The number of benzene rings is 1. The fourth-order valence-corrected chi connectivity index (χ4v) is 1.92. The molecule has 0 bridgehead atoms. The standard InChI is InChI=1S/C13H14N2O2/c14-9-10-3-1-2-4-12(10)15(11-5-6-11)8-7-13(16)17/h1-4,11H,5-8H2,(H,16,17). The predicted molar refractivity (Wildman–Crippen MR) is 63.8 cm³/mol. The molecular weight excluding hydrogens is 216 g/mol. The maximum atomic E-state index is 10.6. The third kappa shape index (κ3) is 2.76. The van der Waals surface area contributed by atoms with Crippen LogP contribution < -0.4 is 4.90 Å². The average molecular weight is 230 g/mol. The SMILES string of the molecule is N#Cc1ccccc1N(CCC(=O)O)C1CC1. The van der Waals surface area contributed by atoms with Gasteiger partial charge in [-0.05, 0) is 25.0 Å². The van der Waals surface area contributed by atoms with E-state index in [1.165, 1.54) is 0 Å². The highest BCUT2D eigenvalue weighted by atomic mass is 16.4. The van der Waals surface area contributed by atoms with Gasteiger partial charge in [-0.2, -0.15) is 5.26 Å². The van der Waals surface area contributed by atoms with Crippen molar-refractivity contribution < 1.29 is 9.90 Å². The van der Waals surface area contributed by atoms with E-state index < -0.39 is 5.97 Å². The number of nitrogens with zero attached hydrogens (tertiary/aromatic N) is 2. The van der Waals surface area contributed by atoms with E-state index in [2.05, 4.69) is 6.07 Å². The van der Waals surface area contributed by atoms with E-state index in [0.717, 1.165) is 18.5 Å². The number of hydrogen-bond acceptors (Lipinski definition) is 3. The van der Waals surface area contributed by atoms with Crippen molar-refractivity contribution in [3.63, 3.8) is 0 Å². The largest absolute Gasteiger partial charge is 0.481 e. The molecule has 1 aromatic carbocycles. The molecule has 1 aliphatic rings. The zero-order chi connectivity index (χ0) is 12.3. The summed E-state index contributed by atoms with van der Waals surface area (Å²) in [5.41, 5.74) is 1.48. The summed E-state index contributed by atoms with van der Waals surface area (Å²) in [5, 5.41) is 17.8. The molecule has 1 saturated carbocycles. The van der Waals surface area contributed by atoms with Crippen molar-refractivity contribution in [2.24, 2.45) is 0 Å². The number of aliphatic carboxylic acids is 1. The van der Waals surface area contributed by atoms with Crippen LogP contribution >= 0.6 is 0 Å². The summed E-state index contributed by atoms with van der Waals surface area (Å²) in [4.78, 5) is 12.7. The van der Waals surface area contributed by atoms with Gasteiger partial charge in [-0.15, -0.1) is 0 Å². The number of carboxylic acid groups (broad SMARTS) is 1. The highest BCUT2D eigenvalue weighted by Crippen LogP contribution is 2.33. The molecule has 1 fully saturated rings. The van der Waals surface area contributed by atoms with Gasteiger partial charge in [-0.25, -0.2) is 0 Å². The zero-order valence-electron chi connectivity index (χ0n) is 9.47. The van der Waals surface area contributed by atoms with Crippen molar-refractivity contribution in [1.29, 1.82) is 5.26 Å². The molecule has 0 amide bonds. The summed E-state index contributed by atoms with van der Waals surface area (Å²) < 4.78 is 0. The minimum Gasteiger partial charge on any atom is -0.481 e. The summed E-state index contributed by atoms with van der Waals surface area (Å²) in [6.45, 7) is 0.471. The second kappa shape index (κ2) is 4.88. The van der Waals surface area contributed by atoms with Crippen LogP contribution in [0.5, 0.6) is 0 Å². The Morgan fingerprint density at radius 3 is 2.76 bits per heavy atom. The molecule has 1 aliphatic carbocycles. The minimum absolute atomic E-state index is 0.107. The molecule has 0 aliphatic heterocycles. The smallest absolute Gasteiger partial charge is 0.305 e. The number of rotatable bonds is 5. The van der Waals surface area contributed by atoms with Gasteiger partial charge in [0.25, 0.3) is 0 Å². The molecule has 17 heavy (non-hydrogen) atoms. The lowest BCUT2D eigenvalue weighted by Crippen LogP contribution is -2.29. The molecule has 0 heterocycles. The van der Waals surface area contributed by atoms with Crippen molar-refractivity contribution >= 4 is 11.7 Å². The first-order valence-corrected chi connectivity index (χ1v) is 5.70. The van der Waals surface area contributed by atoms with Gasteiger partial charge in [0.2, 0.25) is 0 Å². The van der Waals surface area contributed by atoms with Gasteiger partial charge < -0.3 is 10.0 Å². The van der Waals surface area contributed by atoms with Crippen molar-refractivity contribution in [3.8, 4) is 6.07 Å².